The third-order valence-electron chi connectivity index (χ3n) is 26.5. The summed E-state index contributed by atoms with van der Waals surface area (Å²) in [7, 11) is 16.4. The fourth-order valence-corrected chi connectivity index (χ4v) is 19.0. The summed E-state index contributed by atoms with van der Waals surface area (Å²) in [4.78, 5) is 84.6. The van der Waals surface area contributed by atoms with Crippen LogP contribution in [0.2, 0.25) is 5.28 Å². The summed E-state index contributed by atoms with van der Waals surface area (Å²) in [6.45, 7) is 23.0. The number of anilines is 6. The molecule has 0 saturated carbocycles. The molecule has 9 aliphatic rings. The highest BCUT2D eigenvalue weighted by molar-refractivity contribution is 6.28. The lowest BCUT2D eigenvalue weighted by Crippen LogP contribution is -2.44. The van der Waals surface area contributed by atoms with E-state index in [-0.39, 0.29) is 72.0 Å². The predicted octanol–water partition coefficient (Wildman–Crippen LogP) is 8.13. The smallest absolute Gasteiger partial charge is 0.460 e. The molecule has 0 aliphatic carbocycles. The predicted molar refractivity (Wildman–Crippen MR) is 551 cm³/mol. The Morgan fingerprint density at radius 2 is 0.772 bits per heavy atom. The molecule has 0 spiro atoms. The Kier molecular flexibility index (Phi) is 34.7. The van der Waals surface area contributed by atoms with Gasteiger partial charge in [0.15, 0.2) is 5.52 Å². The van der Waals surface area contributed by atoms with E-state index in [1.54, 1.807) is 48.5 Å². The van der Waals surface area contributed by atoms with Gasteiger partial charge in [0.1, 0.15) is 27.9 Å². The zero-order valence-corrected chi connectivity index (χ0v) is 83.9. The van der Waals surface area contributed by atoms with Gasteiger partial charge in [-0.15, -0.1) is 0 Å². The number of carbonyl (C=O) groups is 1. The van der Waals surface area contributed by atoms with Crippen molar-refractivity contribution >= 4 is 119 Å². The molecule has 13 aromatic rings. The number of nitrogen functional groups attached to an aromatic ring is 3. The largest absolute Gasteiger partial charge is 0.739 e. The van der Waals surface area contributed by atoms with Crippen LogP contribution in [0.4, 0.5) is 57.7 Å². The minimum atomic E-state index is -0.423. The van der Waals surface area contributed by atoms with Crippen molar-refractivity contribution in [1.82, 2.24) is 79.9 Å². The van der Waals surface area contributed by atoms with Crippen molar-refractivity contribution in [3.05, 3.63) is 299 Å². The van der Waals surface area contributed by atoms with Crippen molar-refractivity contribution < 1.29 is 48.6 Å². The summed E-state index contributed by atoms with van der Waals surface area (Å²) in [6.07, 6.45) is 8.52. The number of benzene rings is 9. The van der Waals surface area contributed by atoms with Gasteiger partial charge in [-0.2, -0.15) is 0 Å². The first-order valence-corrected chi connectivity index (χ1v) is 48.3. The second-order valence-electron chi connectivity index (χ2n) is 37.6. The molecule has 145 heavy (non-hydrogen) atoms. The molecule has 13 heterocycles. The number of amides is 1. The number of nitro groups is 4. The minimum Gasteiger partial charge on any atom is -0.739 e. The maximum atomic E-state index is 12.3. The minimum absolute atomic E-state index is 0.0108. The van der Waals surface area contributed by atoms with Gasteiger partial charge >= 0.3 is 5.95 Å². The number of nitrogens with one attached hydrogen (secondary N) is 4. The zero-order chi connectivity index (χ0) is 104. The number of fused-ring (bicyclic) bond motifs is 13. The second kappa shape index (κ2) is 47.5. The van der Waals surface area contributed by atoms with Crippen molar-refractivity contribution in [1.29, 1.82) is 0 Å². The first kappa shape index (κ1) is 106. The van der Waals surface area contributed by atoms with Gasteiger partial charge in [0.25, 0.3) is 62.0 Å². The summed E-state index contributed by atoms with van der Waals surface area (Å²) >= 11 is 5.68. The molecule has 46 heteroatoms. The van der Waals surface area contributed by atoms with Crippen molar-refractivity contribution in [2.45, 2.75) is 137 Å². The molecule has 45 nitrogen and oxygen atoms in total. The number of rotatable bonds is 9. The van der Waals surface area contributed by atoms with Crippen LogP contribution in [0.1, 0.15) is 121 Å². The van der Waals surface area contributed by atoms with Crippen LogP contribution >= 0.6 is 11.6 Å². The number of halogens is 1. The number of nitro benzene ring substituents is 4. The van der Waals surface area contributed by atoms with Crippen molar-refractivity contribution in [2.24, 2.45) is 0 Å². The third-order valence-corrected chi connectivity index (χ3v) is 26.6. The Bertz CT molecular complexity index is 6920. The van der Waals surface area contributed by atoms with Crippen LogP contribution in [0.3, 0.4) is 0 Å². The maximum absolute atomic E-state index is 12.3. The molecule has 0 radical (unpaired) electrons. The Labute approximate surface area is 841 Å². The van der Waals surface area contributed by atoms with Crippen LogP contribution in [0.25, 0.3) is 44.1 Å². The van der Waals surface area contributed by atoms with E-state index < -0.39 is 4.92 Å². The van der Waals surface area contributed by atoms with E-state index in [1.807, 2.05) is 109 Å². The SMILES string of the molecule is CC(=O)Nc1ccc2c(c1)CN(C)CC2.CCNc1n[n+]([O-])c2cc3c(cc2[n+]1[O-])CN(C)CC3.CCNc1nc2cc3c(cc2[n+]([O-])n1)CCN(C)C3.CN1CCc2cc([N+](=O)[O-])c(N)cc2C1.CN1CCc2cc3c(cc2C1)nc(Cl)n[n+]3[O-].CN1CCc2cc3c(cc2C1)nc(N)n[n+]3[O-].CN1CCc2ccc(N)c([N+](=O)[O-])c2C1.CN1CCc2ccc([N+](=O)[O-])cc2C1.O=[N+]([O-])c1ccc2c(c1)CNCC2. The van der Waals surface area contributed by atoms with E-state index in [1.165, 1.54) is 62.6 Å². The number of aromatic nitrogens is 12. The van der Waals surface area contributed by atoms with E-state index in [0.29, 0.717) is 93.8 Å². The molecule has 0 unspecified atom stereocenters. The number of hydrogen-bond acceptors (Lipinski definition) is 35. The van der Waals surface area contributed by atoms with Crippen LogP contribution in [0, 0.1) is 66.5 Å². The molecule has 0 fully saturated rings. The van der Waals surface area contributed by atoms with Crippen molar-refractivity contribution in [2.75, 3.05) is 162 Å². The summed E-state index contributed by atoms with van der Waals surface area (Å²) < 4.78 is 0.697. The monoisotopic (exact) mass is 2000 g/mol. The van der Waals surface area contributed by atoms with Gasteiger partial charge < -0.3 is 98.4 Å². The lowest BCUT2D eigenvalue weighted by Gasteiger charge is -2.25. The second-order valence-corrected chi connectivity index (χ2v) is 38.0. The van der Waals surface area contributed by atoms with Gasteiger partial charge in [-0.1, -0.05) is 24.3 Å². The number of nitrogens with two attached hydrogens (primary N) is 3. The zero-order valence-electron chi connectivity index (χ0n) is 83.2. The summed E-state index contributed by atoms with van der Waals surface area (Å²) in [6, 6.07) is 38.4. The molecule has 1 amide bonds. The highest BCUT2D eigenvalue weighted by Crippen LogP contribution is 2.36. The van der Waals surface area contributed by atoms with Gasteiger partial charge in [0.2, 0.25) is 11.0 Å². The van der Waals surface area contributed by atoms with E-state index in [2.05, 4.69) is 136 Å². The molecule has 0 bridgehead atoms. The Hall–Kier alpha value is -14.9. The first-order chi connectivity index (χ1) is 69.3. The van der Waals surface area contributed by atoms with E-state index >= 15 is 0 Å². The standard InChI is InChI=1S/C13H17N5O2.C13H17N5O.C12H16N2O.C11H11ClN4O.C11H13N5O.2C10H13N3O2.C10H12N2O2.C9H10N2O2/c1-3-14-13-15-18(20)12-6-9-4-5-16(2)8-10(9)7-11(12)17(13)19;1-3-14-13-15-11-6-10-8-17(2)5-4-9(10)7-12(11)18(19)16-13;1-9(15)13-12-4-3-10-5-6-14(2)8-11(10)7-12;2*1-15-3-2-7-5-10-9(4-8(7)6-15)13-11(12)14-16(10)17;1-12-3-2-7-5-10(13(14)15)9(11)4-8(7)6-12;1-12-5-4-7-2-3-9(11)10(13(14)15)8(7)6-12;1-11-5-4-8-2-3-10(12(13)14)6-9(8)7-11;12-11(13)9-2-1-7-3-4-10-6-8(7)5-9/h6-7H,3-5,8H2,1-2H3,(H,14,15);6-7H,3-5,8H2,1-2H3,(H,14,15,16);3-4,7H,5-6,8H2,1-2H3,(H,13,15);4-5H,2-3,6H2,1H3;4-5H,2-3,6H2,1H3,(H2,12,13,14);4-5H,2-3,6,11H2,1H3;2-3H,4-6,11H2,1H3;2-3,6H,4-5,7H2,1H3;1-2,5,10H,3-4,6H2. The molecule has 764 valence electrons. The molecule has 4 aromatic heterocycles. The highest BCUT2D eigenvalue weighted by atomic mass is 35.5. The third kappa shape index (κ3) is 26.9. The molecule has 9 aliphatic heterocycles. The number of carbonyl (C=O) groups excluding carboxylic acids is 1. The molecule has 9 aromatic carbocycles. The molecule has 22 rings (SSSR count). The first-order valence-electron chi connectivity index (χ1n) is 47.9. The van der Waals surface area contributed by atoms with Gasteiger partial charge in [-0.05, 0) is 304 Å². The van der Waals surface area contributed by atoms with E-state index in [4.69, 9.17) is 28.8 Å². The summed E-state index contributed by atoms with van der Waals surface area (Å²) in [5.74, 6) is 0.420. The molecule has 0 saturated heterocycles. The molecular formula is C99H122ClN31O14. The normalized spacial score (nSPS) is 15.8. The van der Waals surface area contributed by atoms with Crippen LogP contribution in [-0.4, -0.2) is 229 Å². The molecule has 0 atom stereocenters. The lowest BCUT2D eigenvalue weighted by molar-refractivity contribution is -0.672. The van der Waals surface area contributed by atoms with E-state index in [9.17, 15) is 71.3 Å². The maximum Gasteiger partial charge on any atom is 0.460 e. The Balaban J connectivity index is 0.000000129. The van der Waals surface area contributed by atoms with Crippen LogP contribution in [0.5, 0.6) is 0 Å². The summed E-state index contributed by atoms with van der Waals surface area (Å²) in [5, 5.41) is 129. The van der Waals surface area contributed by atoms with Crippen LogP contribution in [-0.2, 0) is 121 Å². The van der Waals surface area contributed by atoms with Gasteiger partial charge in [-0.3, -0.25) is 50.6 Å². The number of nitrogens with zero attached hydrogens (tertiary/aromatic N) is 24. The lowest BCUT2D eigenvalue weighted by atomic mass is 9.97. The average molecular weight is 2010 g/mol. The van der Waals surface area contributed by atoms with Gasteiger partial charge in [0, 0.05) is 201 Å². The topological polar surface area (TPSA) is 567 Å². The Morgan fingerprint density at radius 3 is 1.26 bits per heavy atom. The average Bonchev–Trinajstić information content (AvgIpc) is 0.770. The van der Waals surface area contributed by atoms with Crippen molar-refractivity contribution in [3.63, 3.8) is 0 Å². The fourth-order valence-electron chi connectivity index (χ4n) is 18.8. The Morgan fingerprint density at radius 1 is 0.386 bits per heavy atom. The van der Waals surface area contributed by atoms with Crippen molar-refractivity contribution in [3.8, 4) is 0 Å². The summed E-state index contributed by atoms with van der Waals surface area (Å²) in [5.41, 5.74) is 43.6. The number of hydrogen-bond donors (Lipinski definition) is 7. The fraction of sp³-hybridized carbons (Fsp3) is 0.404. The molecule has 10 N–H and O–H groups in total. The number of non-ortho nitro benzene ring substituents is 2. The van der Waals surface area contributed by atoms with E-state index in [0.717, 1.165) is 219 Å². The van der Waals surface area contributed by atoms with Crippen LogP contribution < -0.4 is 62.6 Å². The van der Waals surface area contributed by atoms with Gasteiger partial charge in [-0.25, -0.2) is 19.7 Å². The quantitative estimate of drug-likeness (QED) is 0.0236. The number of likely N-dealkylation sites (N-methyl/N-ethyl adjacent to an activating group) is 8. The van der Waals surface area contributed by atoms with Crippen LogP contribution in [0.15, 0.2) is 127 Å². The van der Waals surface area contributed by atoms with Gasteiger partial charge in [0.05, 0.1) is 36.4 Å². The molecular weight excluding hydrogens is 1880 g/mol. The highest BCUT2D eigenvalue weighted by Gasteiger charge is 2.31.